The fraction of sp³-hybridized carbons (Fsp3) is 0.412. The molecule has 14 nitrogen and oxygen atoms in total. The van der Waals surface area contributed by atoms with Crippen molar-refractivity contribution < 1.29 is 40.9 Å². The highest BCUT2D eigenvalue weighted by Gasteiger charge is 2.84. The third-order valence-corrected chi connectivity index (χ3v) is 5.63. The predicted octanol–water partition coefficient (Wildman–Crippen LogP) is -3.37. The van der Waals surface area contributed by atoms with Gasteiger partial charge in [0.25, 0.3) is 11.6 Å². The molecule has 0 unspecified atom stereocenters. The van der Waals surface area contributed by atoms with Crippen LogP contribution in [0.3, 0.4) is 0 Å². The second kappa shape index (κ2) is 6.50. The first-order chi connectivity index (χ1) is 14.4. The van der Waals surface area contributed by atoms with Gasteiger partial charge in [-0.2, -0.15) is 10.4 Å². The molecule has 14 heteroatoms. The lowest BCUT2D eigenvalue weighted by Gasteiger charge is -2.36. The molecule has 0 spiro atoms. The Morgan fingerprint density at radius 3 is 2.32 bits per heavy atom. The second-order valence-electron chi connectivity index (χ2n) is 7.38. The van der Waals surface area contributed by atoms with Gasteiger partial charge in [-0.1, -0.05) is 0 Å². The SMILES string of the molecule is N#CC[C@H](C1C(O)(O)C(O)(O)C(O)(O)C1(O)O)n1cc(-c2ncnc3[nH]ccc23)cn1. The summed E-state index contributed by atoms with van der Waals surface area (Å²) in [6.07, 6.45) is 4.83. The van der Waals surface area contributed by atoms with Gasteiger partial charge in [0.15, 0.2) is 0 Å². The van der Waals surface area contributed by atoms with Gasteiger partial charge in [0, 0.05) is 23.3 Å². The molecule has 0 saturated heterocycles. The van der Waals surface area contributed by atoms with Crippen LogP contribution in [-0.4, -0.2) is 88.7 Å². The van der Waals surface area contributed by atoms with Crippen LogP contribution in [0.15, 0.2) is 31.0 Å². The monoisotopic (exact) mass is 434 g/mol. The van der Waals surface area contributed by atoms with Crippen LogP contribution in [0, 0.1) is 17.2 Å². The van der Waals surface area contributed by atoms with Gasteiger partial charge in [-0.05, 0) is 6.07 Å². The molecule has 1 aliphatic carbocycles. The molecule has 1 atom stereocenters. The molecule has 0 aromatic carbocycles. The van der Waals surface area contributed by atoms with Crippen molar-refractivity contribution in [2.45, 2.75) is 35.6 Å². The van der Waals surface area contributed by atoms with Gasteiger partial charge in [-0.3, -0.25) is 4.68 Å². The molecular weight excluding hydrogens is 416 g/mol. The Balaban J connectivity index is 1.83. The smallest absolute Gasteiger partial charge is 0.280 e. The molecule has 3 aromatic heterocycles. The quantitative estimate of drug-likeness (QED) is 0.183. The fourth-order valence-corrected chi connectivity index (χ4v) is 3.97. The first kappa shape index (κ1) is 21.2. The number of aliphatic hydroxyl groups is 8. The summed E-state index contributed by atoms with van der Waals surface area (Å²) < 4.78 is 0.934. The zero-order chi connectivity index (χ0) is 22.8. The van der Waals surface area contributed by atoms with E-state index in [9.17, 15) is 46.1 Å². The van der Waals surface area contributed by atoms with Crippen LogP contribution in [0.1, 0.15) is 12.5 Å². The van der Waals surface area contributed by atoms with E-state index < -0.39 is 41.5 Å². The summed E-state index contributed by atoms with van der Waals surface area (Å²) in [5.74, 6) is -18.6. The Labute approximate surface area is 172 Å². The molecule has 1 saturated carbocycles. The lowest BCUT2D eigenvalue weighted by atomic mass is 9.86. The van der Waals surface area contributed by atoms with Gasteiger partial charge in [-0.15, -0.1) is 0 Å². The summed E-state index contributed by atoms with van der Waals surface area (Å²) in [6, 6.07) is 1.72. The van der Waals surface area contributed by atoms with Crippen LogP contribution in [0.25, 0.3) is 22.3 Å². The molecule has 9 N–H and O–H groups in total. The molecule has 0 amide bonds. The molecule has 4 rings (SSSR count). The highest BCUT2D eigenvalue weighted by molar-refractivity contribution is 5.89. The van der Waals surface area contributed by atoms with Crippen molar-refractivity contribution in [2.24, 2.45) is 5.92 Å². The number of rotatable bonds is 4. The van der Waals surface area contributed by atoms with Gasteiger partial charge in [-0.25, -0.2) is 9.97 Å². The van der Waals surface area contributed by atoms with Crippen molar-refractivity contribution in [3.63, 3.8) is 0 Å². The van der Waals surface area contributed by atoms with Crippen molar-refractivity contribution in [2.75, 3.05) is 0 Å². The number of hydrogen-bond acceptors (Lipinski definition) is 12. The van der Waals surface area contributed by atoms with Gasteiger partial charge in [0.1, 0.15) is 17.9 Å². The first-order valence-corrected chi connectivity index (χ1v) is 8.86. The summed E-state index contributed by atoms with van der Waals surface area (Å²) in [5, 5.41) is 94.6. The summed E-state index contributed by atoms with van der Waals surface area (Å²) in [4.78, 5) is 11.1. The number of hydrogen-bond donors (Lipinski definition) is 9. The van der Waals surface area contributed by atoms with Crippen LogP contribution in [0.2, 0.25) is 0 Å². The molecule has 0 aliphatic heterocycles. The van der Waals surface area contributed by atoms with E-state index in [1.54, 1.807) is 18.3 Å². The fourth-order valence-electron chi connectivity index (χ4n) is 3.97. The number of fused-ring (bicyclic) bond motifs is 1. The summed E-state index contributed by atoms with van der Waals surface area (Å²) in [5.41, 5.74) is 1.30. The summed E-state index contributed by atoms with van der Waals surface area (Å²) >= 11 is 0. The minimum absolute atomic E-state index is 0.370. The van der Waals surface area contributed by atoms with Crippen LogP contribution >= 0.6 is 0 Å². The van der Waals surface area contributed by atoms with Gasteiger partial charge in [0.05, 0.1) is 30.4 Å². The molecule has 0 radical (unpaired) electrons. The van der Waals surface area contributed by atoms with Crippen LogP contribution in [-0.2, 0) is 0 Å². The van der Waals surface area contributed by atoms with E-state index in [-0.39, 0.29) is 0 Å². The Hall–Kier alpha value is -3.00. The minimum Gasteiger partial charge on any atom is -0.361 e. The first-order valence-electron chi connectivity index (χ1n) is 8.86. The summed E-state index contributed by atoms with van der Waals surface area (Å²) in [6.45, 7) is 0. The minimum atomic E-state index is -4.19. The summed E-state index contributed by atoms with van der Waals surface area (Å²) in [7, 11) is 0. The zero-order valence-electron chi connectivity index (χ0n) is 15.6. The second-order valence-corrected chi connectivity index (χ2v) is 7.38. The maximum absolute atomic E-state index is 10.3. The van der Waals surface area contributed by atoms with Crippen LogP contribution in [0.4, 0.5) is 0 Å². The van der Waals surface area contributed by atoms with Crippen molar-refractivity contribution in [3.8, 4) is 17.3 Å². The predicted molar refractivity (Wildman–Crippen MR) is 96.5 cm³/mol. The maximum atomic E-state index is 10.3. The van der Waals surface area contributed by atoms with Crippen LogP contribution < -0.4 is 0 Å². The third-order valence-electron chi connectivity index (χ3n) is 5.63. The molecular formula is C17H18N6O8. The topological polar surface area (TPSA) is 245 Å². The Bertz CT molecular complexity index is 1150. The van der Waals surface area contributed by atoms with Crippen LogP contribution in [0.5, 0.6) is 0 Å². The zero-order valence-corrected chi connectivity index (χ0v) is 15.6. The number of nitrogens with one attached hydrogen (secondary N) is 1. The molecule has 1 aliphatic rings. The number of nitrogens with zero attached hydrogens (tertiary/aromatic N) is 5. The van der Waals surface area contributed by atoms with E-state index in [1.807, 2.05) is 0 Å². The standard InChI is InChI=1S/C17H18N6O8/c18-3-1-10(12-14(24,25)16(28,29)17(30,31)15(12,26)27)23-6-8(5-22-23)11-9-2-4-19-13(9)21-7-20-11/h2,4-7,10,12,24-31H,1H2,(H,19,20,21)/t10-/m1/s1. The van der Waals surface area contributed by atoms with Crippen molar-refractivity contribution in [3.05, 3.63) is 31.0 Å². The number of H-pyrrole nitrogens is 1. The maximum Gasteiger partial charge on any atom is 0.280 e. The molecule has 3 aromatic rings. The van der Waals surface area contributed by atoms with E-state index in [0.29, 0.717) is 22.3 Å². The Morgan fingerprint density at radius 2 is 1.71 bits per heavy atom. The average molecular weight is 434 g/mol. The number of aromatic amines is 1. The molecule has 31 heavy (non-hydrogen) atoms. The normalized spacial score (nSPS) is 22.4. The van der Waals surface area contributed by atoms with E-state index in [2.05, 4.69) is 20.1 Å². The van der Waals surface area contributed by atoms with Crippen molar-refractivity contribution in [1.82, 2.24) is 24.7 Å². The largest absolute Gasteiger partial charge is 0.361 e. The number of nitriles is 1. The number of aromatic nitrogens is 5. The van der Waals surface area contributed by atoms with E-state index in [1.165, 1.54) is 18.7 Å². The molecule has 3 heterocycles. The van der Waals surface area contributed by atoms with Crippen molar-refractivity contribution in [1.29, 1.82) is 5.26 Å². The van der Waals surface area contributed by atoms with E-state index >= 15 is 0 Å². The molecule has 1 fully saturated rings. The highest BCUT2D eigenvalue weighted by atomic mass is 16.7. The van der Waals surface area contributed by atoms with Gasteiger partial charge >= 0.3 is 0 Å². The lowest BCUT2D eigenvalue weighted by Crippen LogP contribution is -2.66. The lowest BCUT2D eigenvalue weighted by molar-refractivity contribution is -0.452. The van der Waals surface area contributed by atoms with E-state index in [0.717, 1.165) is 4.68 Å². The van der Waals surface area contributed by atoms with E-state index in [4.69, 9.17) is 0 Å². The highest BCUT2D eigenvalue weighted by Crippen LogP contribution is 2.55. The Kier molecular flexibility index (Phi) is 4.45. The van der Waals surface area contributed by atoms with Crippen molar-refractivity contribution >= 4 is 11.0 Å². The molecule has 0 bridgehead atoms. The van der Waals surface area contributed by atoms with Gasteiger partial charge < -0.3 is 45.8 Å². The Morgan fingerprint density at radius 1 is 1.06 bits per heavy atom. The average Bonchev–Trinajstić information content (AvgIpc) is 3.37. The molecule has 164 valence electrons. The third kappa shape index (κ3) is 2.64. The van der Waals surface area contributed by atoms with Gasteiger partial charge in [0.2, 0.25) is 11.6 Å².